The van der Waals surface area contributed by atoms with E-state index in [-0.39, 0.29) is 17.1 Å². The number of hydrogen-bond donors (Lipinski definition) is 1. The number of para-hydroxylation sites is 2. The Morgan fingerprint density at radius 3 is 1.31 bits per heavy atom. The molecule has 59 heavy (non-hydrogen) atoms. The number of methoxy groups -OCH3 is 1. The van der Waals surface area contributed by atoms with Crippen molar-refractivity contribution in [2.24, 2.45) is 0 Å². The largest absolute Gasteiger partial charge is 2.00 e. The van der Waals surface area contributed by atoms with Gasteiger partial charge >= 0.3 is 17.1 Å². The van der Waals surface area contributed by atoms with Gasteiger partial charge in [-0.3, -0.25) is 10.1 Å². The van der Waals surface area contributed by atoms with Gasteiger partial charge in [0.15, 0.2) is 11.6 Å². The first-order valence-corrected chi connectivity index (χ1v) is 21.6. The zero-order chi connectivity index (χ0) is 39.4. The van der Waals surface area contributed by atoms with Crippen molar-refractivity contribution in [2.45, 2.75) is 0 Å². The van der Waals surface area contributed by atoms with Crippen LogP contribution in [0.5, 0.6) is 17.2 Å². The van der Waals surface area contributed by atoms with Crippen LogP contribution in [0.3, 0.4) is 0 Å². The standard InChI is InChI=1S/C36H28OP2.C14H12N4O.Cu/c1-5-17-29(18-6-1)38(30-19-7-2-8-20-30)35-27-15-13-25-33(35)37-34-26-14-16-28-36(34)39(31-21-9-3-10-22-31)32-23-11-4-12-24-32;1-19-11-7-5-10(6-8-11)13-16-14(18-17-13)12-4-2-3-9-15-12;/h1-28H;2-9H,1H3,(H,16,17,18);/q;;+2. The topological polar surface area (TPSA) is 72.9 Å². The minimum atomic E-state index is -0.795. The zero-order valence-corrected chi connectivity index (χ0v) is 34.9. The van der Waals surface area contributed by atoms with Gasteiger partial charge in [0.2, 0.25) is 0 Å². The normalized spacial score (nSPS) is 10.6. The van der Waals surface area contributed by atoms with E-state index in [1.54, 1.807) is 13.3 Å². The second-order valence-electron chi connectivity index (χ2n) is 13.0. The van der Waals surface area contributed by atoms with E-state index in [2.05, 4.69) is 190 Å². The van der Waals surface area contributed by atoms with E-state index >= 15 is 0 Å². The van der Waals surface area contributed by atoms with Crippen molar-refractivity contribution in [3.8, 4) is 40.2 Å². The maximum atomic E-state index is 6.92. The number of nitrogens with one attached hydrogen (secondary N) is 1. The van der Waals surface area contributed by atoms with Crippen molar-refractivity contribution in [2.75, 3.05) is 7.11 Å². The van der Waals surface area contributed by atoms with Gasteiger partial charge in [0.25, 0.3) is 0 Å². The quantitative estimate of drug-likeness (QED) is 0.104. The number of aromatic nitrogens is 4. The third kappa shape index (κ3) is 10.1. The Balaban J connectivity index is 0.000000221. The maximum Gasteiger partial charge on any atom is 2.00 e. The Hall–Kier alpha value is -6.19. The molecule has 2 heterocycles. The van der Waals surface area contributed by atoms with Crippen molar-refractivity contribution in [1.82, 2.24) is 20.2 Å². The second-order valence-corrected chi connectivity index (χ2v) is 17.4. The molecule has 0 aliphatic rings. The minimum Gasteiger partial charge on any atom is -0.497 e. The number of aromatic amines is 1. The molecule has 2 aromatic heterocycles. The molecule has 0 amide bonds. The van der Waals surface area contributed by atoms with E-state index in [0.717, 1.165) is 28.5 Å². The summed E-state index contributed by atoms with van der Waals surface area (Å²) >= 11 is 0. The van der Waals surface area contributed by atoms with Gasteiger partial charge in [0.1, 0.15) is 22.9 Å². The van der Waals surface area contributed by atoms with Crippen molar-refractivity contribution in [3.05, 3.63) is 219 Å². The maximum absolute atomic E-state index is 6.92. The van der Waals surface area contributed by atoms with Crippen LogP contribution in [0.15, 0.2) is 219 Å². The first-order valence-electron chi connectivity index (χ1n) is 18.9. The molecule has 0 saturated carbocycles. The smallest absolute Gasteiger partial charge is 0.497 e. The van der Waals surface area contributed by atoms with Crippen LogP contribution in [0.1, 0.15) is 0 Å². The molecular weight excluding hydrogens is 814 g/mol. The number of H-pyrrole nitrogens is 1. The van der Waals surface area contributed by atoms with E-state index in [9.17, 15) is 0 Å². The van der Waals surface area contributed by atoms with Crippen molar-refractivity contribution in [3.63, 3.8) is 0 Å². The molecule has 0 spiro atoms. The Kier molecular flexibility index (Phi) is 14.2. The molecule has 9 aromatic rings. The summed E-state index contributed by atoms with van der Waals surface area (Å²) in [5, 5.41) is 14.7. The fourth-order valence-electron chi connectivity index (χ4n) is 6.49. The van der Waals surface area contributed by atoms with Gasteiger partial charge in [0, 0.05) is 22.4 Å². The van der Waals surface area contributed by atoms with Crippen LogP contribution < -0.4 is 41.3 Å². The molecule has 0 bridgehead atoms. The van der Waals surface area contributed by atoms with Crippen LogP contribution in [0, 0.1) is 0 Å². The fraction of sp³-hybridized carbons (Fsp3) is 0.0200. The molecule has 1 radical (unpaired) electrons. The number of pyridine rings is 1. The molecule has 1 N–H and O–H groups in total. The van der Waals surface area contributed by atoms with E-state index in [0.29, 0.717) is 11.6 Å². The van der Waals surface area contributed by atoms with E-state index in [1.165, 1.54) is 31.8 Å². The van der Waals surface area contributed by atoms with Crippen LogP contribution in [0.25, 0.3) is 22.9 Å². The monoisotopic (exact) mass is 853 g/mol. The Labute approximate surface area is 358 Å². The molecule has 0 aliphatic heterocycles. The van der Waals surface area contributed by atoms with E-state index < -0.39 is 15.8 Å². The molecule has 0 unspecified atom stereocenters. The van der Waals surface area contributed by atoms with E-state index in [1.807, 2.05) is 42.5 Å². The fourth-order valence-corrected chi connectivity index (χ4v) is 11.2. The SMILES string of the molecule is COc1ccc(-c2n[nH]c(-c3ccccn3)n2)cc1.[Cu+2].c1ccc(P(c2ccccc2)c2ccccc2Oc2ccccc2P(c2ccccc2)c2ccccc2)cc1. The van der Waals surface area contributed by atoms with E-state index in [4.69, 9.17) is 9.47 Å². The summed E-state index contributed by atoms with van der Waals surface area (Å²) in [6.07, 6.45) is 1.73. The minimum absolute atomic E-state index is 0. The summed E-state index contributed by atoms with van der Waals surface area (Å²) in [5.74, 6) is 3.92. The summed E-state index contributed by atoms with van der Waals surface area (Å²) in [7, 11) is 0.0493. The molecule has 0 aliphatic carbocycles. The van der Waals surface area contributed by atoms with Crippen molar-refractivity contribution in [1.29, 1.82) is 0 Å². The molecule has 6 nitrogen and oxygen atoms in total. The summed E-state index contributed by atoms with van der Waals surface area (Å²) in [6, 6.07) is 73.5. The number of ether oxygens (including phenoxy) is 2. The number of nitrogens with zero attached hydrogens (tertiary/aromatic N) is 3. The van der Waals surface area contributed by atoms with Crippen molar-refractivity contribution >= 4 is 47.7 Å². The van der Waals surface area contributed by atoms with Gasteiger partial charge in [-0.15, -0.1) is 0 Å². The van der Waals surface area contributed by atoms with Crippen LogP contribution in [0.4, 0.5) is 0 Å². The summed E-state index contributed by atoms with van der Waals surface area (Å²) in [5.41, 5.74) is 1.70. The summed E-state index contributed by atoms with van der Waals surface area (Å²) in [4.78, 5) is 8.67. The first-order chi connectivity index (χ1) is 28.7. The van der Waals surface area contributed by atoms with Gasteiger partial charge in [0.05, 0.1) is 7.11 Å². The Morgan fingerprint density at radius 1 is 0.458 bits per heavy atom. The molecule has 0 atom stereocenters. The number of rotatable bonds is 11. The third-order valence-electron chi connectivity index (χ3n) is 9.23. The van der Waals surface area contributed by atoms with Crippen LogP contribution in [-0.2, 0) is 17.1 Å². The van der Waals surface area contributed by atoms with Crippen molar-refractivity contribution < 1.29 is 26.5 Å². The summed E-state index contributed by atoms with van der Waals surface area (Å²) in [6.45, 7) is 0. The van der Waals surface area contributed by atoms with Gasteiger partial charge in [-0.05, 0) is 85.6 Å². The number of benzene rings is 7. The van der Waals surface area contributed by atoms with Gasteiger partial charge < -0.3 is 9.47 Å². The van der Waals surface area contributed by atoms with Gasteiger partial charge in [-0.25, -0.2) is 4.98 Å². The molecule has 291 valence electrons. The predicted molar refractivity (Wildman–Crippen MR) is 242 cm³/mol. The van der Waals surface area contributed by atoms with Crippen LogP contribution in [-0.4, -0.2) is 27.3 Å². The first kappa shape index (κ1) is 41.0. The van der Waals surface area contributed by atoms with Crippen LogP contribution >= 0.6 is 15.8 Å². The molecule has 7 aromatic carbocycles. The number of hydrogen-bond acceptors (Lipinski definition) is 5. The second kappa shape index (κ2) is 20.5. The Morgan fingerprint density at radius 2 is 0.881 bits per heavy atom. The Bertz CT molecular complexity index is 2430. The molecule has 0 saturated heterocycles. The van der Waals surface area contributed by atoms with Crippen LogP contribution in [0.2, 0.25) is 0 Å². The predicted octanol–water partition coefficient (Wildman–Crippen LogP) is 9.54. The van der Waals surface area contributed by atoms with Gasteiger partial charge in [-0.1, -0.05) is 164 Å². The van der Waals surface area contributed by atoms with Gasteiger partial charge in [-0.2, -0.15) is 5.10 Å². The zero-order valence-electron chi connectivity index (χ0n) is 32.1. The molecule has 9 heteroatoms. The molecular formula is C50H40CuN4O2P2+2. The molecule has 0 fully saturated rings. The average molecular weight is 854 g/mol. The summed E-state index contributed by atoms with van der Waals surface area (Å²) < 4.78 is 12.0. The average Bonchev–Trinajstić information content (AvgIpc) is 3.81. The third-order valence-corrected chi connectivity index (χ3v) is 14.2. The molecule has 9 rings (SSSR count).